The number of hydrogen-bond donors (Lipinski definition) is 1. The lowest BCUT2D eigenvalue weighted by Crippen LogP contribution is -2.17. The molecule has 6 heteroatoms. The summed E-state index contributed by atoms with van der Waals surface area (Å²) < 4.78 is 34.6. The molecule has 0 saturated heterocycles. The molecule has 0 aliphatic rings. The fourth-order valence-electron chi connectivity index (χ4n) is 1.97. The molecular formula is C15H17F2NO2S. The van der Waals surface area contributed by atoms with E-state index in [0.717, 1.165) is 13.0 Å². The number of halogens is 2. The Kier molecular flexibility index (Phi) is 5.95. The normalized spacial score (nSPS) is 10.9. The summed E-state index contributed by atoms with van der Waals surface area (Å²) in [6, 6.07) is 9.19. The predicted molar refractivity (Wildman–Crippen MR) is 79.4 cm³/mol. The first-order valence-electron chi connectivity index (χ1n) is 6.54. The zero-order valence-electron chi connectivity index (χ0n) is 11.6. The second kappa shape index (κ2) is 7.95. The summed E-state index contributed by atoms with van der Waals surface area (Å²) in [6.45, 7) is -1.65. The fourth-order valence-corrected chi connectivity index (χ4v) is 2.68. The van der Waals surface area contributed by atoms with Crippen molar-refractivity contribution in [2.24, 2.45) is 0 Å². The maximum absolute atomic E-state index is 12.5. The van der Waals surface area contributed by atoms with Crippen LogP contribution in [0.1, 0.15) is 10.4 Å². The minimum absolute atomic E-state index is 0.0959. The third kappa shape index (κ3) is 4.68. The summed E-state index contributed by atoms with van der Waals surface area (Å²) in [6.07, 6.45) is 0.909. The molecule has 0 spiro atoms. The quantitative estimate of drug-likeness (QED) is 0.754. The summed E-state index contributed by atoms with van der Waals surface area (Å²) in [7, 11) is 1.43. The van der Waals surface area contributed by atoms with Gasteiger partial charge in [0.2, 0.25) is 0 Å². The molecule has 0 saturated carbocycles. The van der Waals surface area contributed by atoms with Crippen molar-refractivity contribution in [3.63, 3.8) is 0 Å². The molecule has 114 valence electrons. The maximum atomic E-state index is 12.5. The lowest BCUT2D eigenvalue weighted by molar-refractivity contribution is -0.0518. The summed E-state index contributed by atoms with van der Waals surface area (Å²) >= 11 is 1.70. The van der Waals surface area contributed by atoms with Crippen LogP contribution in [0.2, 0.25) is 0 Å². The number of benzene rings is 1. The molecule has 1 N–H and O–H groups in total. The molecule has 1 aromatic heterocycles. The van der Waals surface area contributed by atoms with Crippen molar-refractivity contribution in [3.05, 3.63) is 46.2 Å². The van der Waals surface area contributed by atoms with Crippen LogP contribution >= 0.6 is 11.3 Å². The molecule has 1 heterocycles. The molecule has 2 rings (SSSR count). The molecule has 21 heavy (non-hydrogen) atoms. The molecule has 0 bridgehead atoms. The van der Waals surface area contributed by atoms with Crippen LogP contribution in [0.5, 0.6) is 11.5 Å². The van der Waals surface area contributed by atoms with E-state index in [4.69, 9.17) is 4.74 Å². The monoisotopic (exact) mass is 313 g/mol. The van der Waals surface area contributed by atoms with Crippen molar-refractivity contribution < 1.29 is 18.3 Å². The van der Waals surface area contributed by atoms with Crippen molar-refractivity contribution in [3.8, 4) is 11.5 Å². The average molecular weight is 313 g/mol. The van der Waals surface area contributed by atoms with Crippen molar-refractivity contribution in [1.82, 2.24) is 5.32 Å². The van der Waals surface area contributed by atoms with Crippen molar-refractivity contribution in [1.29, 1.82) is 0 Å². The smallest absolute Gasteiger partial charge is 0.387 e. The van der Waals surface area contributed by atoms with Crippen molar-refractivity contribution >= 4 is 11.3 Å². The number of rotatable bonds is 8. The Labute approximate surface area is 126 Å². The highest BCUT2D eigenvalue weighted by molar-refractivity contribution is 7.09. The van der Waals surface area contributed by atoms with E-state index in [0.29, 0.717) is 17.9 Å². The highest BCUT2D eigenvalue weighted by atomic mass is 32.1. The van der Waals surface area contributed by atoms with Gasteiger partial charge >= 0.3 is 6.61 Å². The van der Waals surface area contributed by atoms with Gasteiger partial charge in [-0.15, -0.1) is 11.3 Å². The molecule has 0 fully saturated rings. The second-order valence-corrected chi connectivity index (χ2v) is 5.37. The summed E-state index contributed by atoms with van der Waals surface area (Å²) in [4.78, 5) is 1.29. The van der Waals surface area contributed by atoms with Crippen LogP contribution in [0.15, 0.2) is 35.7 Å². The Morgan fingerprint density at radius 2 is 2.10 bits per heavy atom. The lowest BCUT2D eigenvalue weighted by Gasteiger charge is -2.14. The summed E-state index contributed by atoms with van der Waals surface area (Å²) in [5, 5.41) is 5.26. The Morgan fingerprint density at radius 3 is 2.76 bits per heavy atom. The number of hydrogen-bond acceptors (Lipinski definition) is 4. The Morgan fingerprint density at radius 1 is 1.24 bits per heavy atom. The van der Waals surface area contributed by atoms with Gasteiger partial charge in [-0.3, -0.25) is 0 Å². The van der Waals surface area contributed by atoms with E-state index in [1.165, 1.54) is 12.0 Å². The first-order valence-corrected chi connectivity index (χ1v) is 7.42. The van der Waals surface area contributed by atoms with Gasteiger partial charge in [-0.25, -0.2) is 0 Å². The van der Waals surface area contributed by atoms with E-state index in [1.54, 1.807) is 29.5 Å². The number of methoxy groups -OCH3 is 1. The van der Waals surface area contributed by atoms with Crippen LogP contribution in [-0.4, -0.2) is 20.3 Å². The Hall–Kier alpha value is -1.66. The first kappa shape index (κ1) is 15.7. The molecule has 0 unspecified atom stereocenters. The largest absolute Gasteiger partial charge is 0.493 e. The molecular weight excluding hydrogens is 296 g/mol. The predicted octanol–water partition coefficient (Wildman–Crippen LogP) is 3.69. The van der Waals surface area contributed by atoms with Gasteiger partial charge in [-0.05, 0) is 23.9 Å². The second-order valence-electron chi connectivity index (χ2n) is 4.33. The van der Waals surface area contributed by atoms with Crippen LogP contribution in [0, 0.1) is 0 Å². The van der Waals surface area contributed by atoms with E-state index in [1.807, 2.05) is 11.4 Å². The lowest BCUT2D eigenvalue weighted by atomic mass is 10.2. The van der Waals surface area contributed by atoms with Gasteiger partial charge in [-0.2, -0.15) is 8.78 Å². The number of alkyl halides is 2. The zero-order chi connectivity index (χ0) is 15.1. The zero-order valence-corrected chi connectivity index (χ0v) is 12.5. The molecule has 0 amide bonds. The van der Waals surface area contributed by atoms with Crippen molar-refractivity contribution in [2.75, 3.05) is 13.7 Å². The van der Waals surface area contributed by atoms with Gasteiger partial charge in [0.25, 0.3) is 0 Å². The van der Waals surface area contributed by atoms with Gasteiger partial charge in [0.15, 0.2) is 11.5 Å². The topological polar surface area (TPSA) is 30.5 Å². The maximum Gasteiger partial charge on any atom is 0.387 e. The van der Waals surface area contributed by atoms with Gasteiger partial charge < -0.3 is 14.8 Å². The highest BCUT2D eigenvalue weighted by Crippen LogP contribution is 2.32. The SMILES string of the molecule is COc1cccc(CNCCc2cccs2)c1OC(F)F. The van der Waals surface area contributed by atoms with Crippen LogP contribution in [0.25, 0.3) is 0 Å². The fraction of sp³-hybridized carbons (Fsp3) is 0.333. The molecule has 0 radical (unpaired) electrons. The van der Waals surface area contributed by atoms with E-state index in [9.17, 15) is 8.78 Å². The molecule has 2 aromatic rings. The Balaban J connectivity index is 1.95. The molecule has 3 nitrogen and oxygen atoms in total. The molecule has 0 atom stereocenters. The first-order chi connectivity index (χ1) is 10.2. The van der Waals surface area contributed by atoms with E-state index in [-0.39, 0.29) is 5.75 Å². The van der Waals surface area contributed by atoms with Gasteiger partial charge in [0.05, 0.1) is 7.11 Å². The van der Waals surface area contributed by atoms with Crippen LogP contribution < -0.4 is 14.8 Å². The third-order valence-corrected chi connectivity index (χ3v) is 3.87. The standard InChI is InChI=1S/C15H17F2NO2S/c1-19-13-6-2-4-11(14(13)20-15(16)17)10-18-8-7-12-5-3-9-21-12/h2-6,9,15,18H,7-8,10H2,1H3. The minimum atomic E-state index is -2.87. The number of thiophene rings is 1. The highest BCUT2D eigenvalue weighted by Gasteiger charge is 2.14. The van der Waals surface area contributed by atoms with E-state index in [2.05, 4.69) is 16.1 Å². The van der Waals surface area contributed by atoms with Crippen LogP contribution in [-0.2, 0) is 13.0 Å². The van der Waals surface area contributed by atoms with Crippen LogP contribution in [0.4, 0.5) is 8.78 Å². The van der Waals surface area contributed by atoms with E-state index >= 15 is 0 Å². The average Bonchev–Trinajstić information content (AvgIpc) is 2.97. The Bertz CT molecular complexity index is 547. The molecule has 1 aromatic carbocycles. The van der Waals surface area contributed by atoms with Gasteiger partial charge in [0.1, 0.15) is 0 Å². The van der Waals surface area contributed by atoms with Gasteiger partial charge in [-0.1, -0.05) is 18.2 Å². The van der Waals surface area contributed by atoms with Crippen LogP contribution in [0.3, 0.4) is 0 Å². The molecule has 0 aliphatic heterocycles. The summed E-state index contributed by atoms with van der Waals surface area (Å²) in [5.74, 6) is 0.409. The number of nitrogens with one attached hydrogen (secondary N) is 1. The van der Waals surface area contributed by atoms with E-state index < -0.39 is 6.61 Å². The van der Waals surface area contributed by atoms with Gasteiger partial charge in [0, 0.05) is 23.5 Å². The minimum Gasteiger partial charge on any atom is -0.493 e. The third-order valence-electron chi connectivity index (χ3n) is 2.93. The van der Waals surface area contributed by atoms with Crippen molar-refractivity contribution in [2.45, 2.75) is 19.6 Å². The molecule has 0 aliphatic carbocycles. The summed E-state index contributed by atoms with van der Waals surface area (Å²) in [5.41, 5.74) is 0.654. The number of ether oxygens (including phenoxy) is 2. The number of para-hydroxylation sites is 1.